The van der Waals surface area contributed by atoms with Crippen LogP contribution in [0.3, 0.4) is 0 Å². The summed E-state index contributed by atoms with van der Waals surface area (Å²) < 4.78 is 19.6. The summed E-state index contributed by atoms with van der Waals surface area (Å²) in [4.78, 5) is 13.9. The minimum Gasteiger partial charge on any atom is -0.445 e. The molecular formula is C19H18FNO2. The zero-order valence-corrected chi connectivity index (χ0v) is 12.6. The fraction of sp³-hybridized carbons (Fsp3) is 0.316. The summed E-state index contributed by atoms with van der Waals surface area (Å²) in [6.45, 7) is 0.666. The van der Waals surface area contributed by atoms with E-state index in [2.05, 4.69) is 0 Å². The first-order valence-corrected chi connectivity index (χ1v) is 7.92. The molecule has 0 spiro atoms. The van der Waals surface area contributed by atoms with Crippen molar-refractivity contribution in [2.75, 3.05) is 6.54 Å². The van der Waals surface area contributed by atoms with Crippen LogP contribution in [0.15, 0.2) is 60.7 Å². The predicted octanol–water partition coefficient (Wildman–Crippen LogP) is 3.76. The van der Waals surface area contributed by atoms with Crippen LogP contribution < -0.4 is 0 Å². The monoisotopic (exact) mass is 311 g/mol. The van der Waals surface area contributed by atoms with Gasteiger partial charge < -0.3 is 9.64 Å². The van der Waals surface area contributed by atoms with Gasteiger partial charge in [0.1, 0.15) is 12.8 Å². The summed E-state index contributed by atoms with van der Waals surface area (Å²) in [5.41, 5.74) is 2.04. The van der Waals surface area contributed by atoms with Crippen molar-refractivity contribution >= 4 is 6.09 Å². The second kappa shape index (κ2) is 5.69. The van der Waals surface area contributed by atoms with E-state index in [-0.39, 0.29) is 24.5 Å². The van der Waals surface area contributed by atoms with Crippen LogP contribution in [0.25, 0.3) is 0 Å². The highest BCUT2D eigenvalue weighted by atomic mass is 19.1. The van der Waals surface area contributed by atoms with Crippen LogP contribution in [-0.2, 0) is 11.3 Å². The fourth-order valence-electron chi connectivity index (χ4n) is 3.80. The van der Waals surface area contributed by atoms with Gasteiger partial charge in [0.05, 0.1) is 6.04 Å². The number of amides is 1. The maximum absolute atomic E-state index is 14.2. The van der Waals surface area contributed by atoms with E-state index < -0.39 is 12.3 Å². The molecule has 118 valence electrons. The Labute approximate surface area is 134 Å². The number of halogens is 1. The number of nitrogens with zero attached hydrogens (tertiary/aromatic N) is 1. The number of ether oxygens (including phenoxy) is 1. The van der Waals surface area contributed by atoms with E-state index in [9.17, 15) is 9.18 Å². The van der Waals surface area contributed by atoms with Crippen LogP contribution in [0.2, 0.25) is 0 Å². The number of benzene rings is 2. The molecule has 3 nitrogen and oxygen atoms in total. The number of carbonyl (C=O) groups excluding carboxylic acids is 1. The molecule has 3 aliphatic rings. The van der Waals surface area contributed by atoms with Crippen molar-refractivity contribution in [3.05, 3.63) is 71.8 Å². The highest BCUT2D eigenvalue weighted by Crippen LogP contribution is 2.54. The molecule has 2 aliphatic heterocycles. The molecule has 23 heavy (non-hydrogen) atoms. The third-order valence-electron chi connectivity index (χ3n) is 4.96. The number of carbonyl (C=O) groups is 1. The van der Waals surface area contributed by atoms with Crippen molar-refractivity contribution in [1.29, 1.82) is 0 Å². The Kier molecular flexibility index (Phi) is 3.52. The summed E-state index contributed by atoms with van der Waals surface area (Å²) in [5, 5.41) is 0. The maximum atomic E-state index is 14.2. The van der Waals surface area contributed by atoms with Crippen molar-refractivity contribution in [1.82, 2.24) is 4.90 Å². The molecule has 2 aromatic carbocycles. The van der Waals surface area contributed by atoms with Gasteiger partial charge in [-0.3, -0.25) is 0 Å². The van der Waals surface area contributed by atoms with Crippen molar-refractivity contribution in [3.8, 4) is 0 Å². The topological polar surface area (TPSA) is 29.5 Å². The van der Waals surface area contributed by atoms with Crippen LogP contribution >= 0.6 is 0 Å². The van der Waals surface area contributed by atoms with Gasteiger partial charge in [0.15, 0.2) is 0 Å². The van der Waals surface area contributed by atoms with Crippen LogP contribution in [0.1, 0.15) is 17.0 Å². The summed E-state index contributed by atoms with van der Waals surface area (Å²) in [7, 11) is 0. The number of hydrogen-bond donors (Lipinski definition) is 0. The smallest absolute Gasteiger partial charge is 0.410 e. The Balaban J connectivity index is 1.43. The van der Waals surface area contributed by atoms with Crippen molar-refractivity contribution < 1.29 is 13.9 Å². The van der Waals surface area contributed by atoms with E-state index in [0.717, 1.165) is 11.1 Å². The lowest BCUT2D eigenvalue weighted by Crippen LogP contribution is -2.49. The lowest BCUT2D eigenvalue weighted by Gasteiger charge is -2.39. The molecule has 0 aromatic heterocycles. The van der Waals surface area contributed by atoms with Gasteiger partial charge in [-0.15, -0.1) is 0 Å². The van der Waals surface area contributed by atoms with E-state index in [4.69, 9.17) is 4.74 Å². The van der Waals surface area contributed by atoms with E-state index in [1.807, 2.05) is 60.7 Å². The van der Waals surface area contributed by atoms with Gasteiger partial charge in [-0.2, -0.15) is 0 Å². The van der Waals surface area contributed by atoms with Crippen LogP contribution in [0, 0.1) is 5.92 Å². The third-order valence-corrected chi connectivity index (χ3v) is 4.96. The summed E-state index contributed by atoms with van der Waals surface area (Å²) in [6.07, 6.45) is -1.35. The molecule has 2 heterocycles. The molecule has 0 radical (unpaired) electrons. The SMILES string of the molecule is O=C(OCc1ccccc1)N1C[C@@H]2[C@@H](F)[C@H]1[C@@H]2c1ccccc1. The van der Waals surface area contributed by atoms with Crippen LogP contribution in [-0.4, -0.2) is 29.8 Å². The molecule has 1 saturated carbocycles. The lowest BCUT2D eigenvalue weighted by atomic mass is 9.68. The zero-order chi connectivity index (χ0) is 15.8. The van der Waals surface area contributed by atoms with Crippen LogP contribution in [0.4, 0.5) is 9.18 Å². The van der Waals surface area contributed by atoms with Crippen molar-refractivity contribution in [3.63, 3.8) is 0 Å². The highest BCUT2D eigenvalue weighted by Gasteiger charge is 2.62. The Bertz CT molecular complexity index is 691. The molecule has 0 N–H and O–H groups in total. The quantitative estimate of drug-likeness (QED) is 0.864. The number of hydrogen-bond acceptors (Lipinski definition) is 2. The van der Waals surface area contributed by atoms with Crippen LogP contribution in [0.5, 0.6) is 0 Å². The average Bonchev–Trinajstić information content (AvgIpc) is 3.17. The van der Waals surface area contributed by atoms with Crippen molar-refractivity contribution in [2.24, 2.45) is 5.92 Å². The molecule has 4 heteroatoms. The second-order valence-corrected chi connectivity index (χ2v) is 6.23. The van der Waals surface area contributed by atoms with Gasteiger partial charge >= 0.3 is 6.09 Å². The first kappa shape index (κ1) is 14.2. The molecule has 2 saturated heterocycles. The van der Waals surface area contributed by atoms with E-state index >= 15 is 0 Å². The van der Waals surface area contributed by atoms with Gasteiger partial charge in [-0.1, -0.05) is 60.7 Å². The molecule has 2 bridgehead atoms. The first-order valence-electron chi connectivity index (χ1n) is 7.92. The molecule has 2 aromatic rings. The standard InChI is InChI=1S/C19H18FNO2/c20-17-15-11-21(18(17)16(15)14-9-5-2-6-10-14)19(22)23-12-13-7-3-1-4-8-13/h1-10,15-18H,11-12H2/t15-,16+,17+,18+/m0/s1. The van der Waals surface area contributed by atoms with Crippen molar-refractivity contribution in [2.45, 2.75) is 24.7 Å². The summed E-state index contributed by atoms with van der Waals surface area (Å²) in [5.74, 6) is -0.0119. The molecule has 1 amide bonds. The van der Waals surface area contributed by atoms with Gasteiger partial charge in [-0.25, -0.2) is 9.18 Å². The summed E-state index contributed by atoms with van der Waals surface area (Å²) in [6, 6.07) is 19.0. The Morgan fingerprint density at radius 1 is 1.09 bits per heavy atom. The molecule has 3 fully saturated rings. The number of rotatable bonds is 3. The molecule has 0 unspecified atom stereocenters. The number of alkyl halides is 1. The second-order valence-electron chi connectivity index (χ2n) is 6.23. The zero-order valence-electron chi connectivity index (χ0n) is 12.6. The number of fused-ring (bicyclic) bond motifs is 1. The Morgan fingerprint density at radius 2 is 1.74 bits per heavy atom. The highest BCUT2D eigenvalue weighted by molar-refractivity contribution is 5.70. The Hall–Kier alpha value is -2.36. The minimum atomic E-state index is -0.940. The third kappa shape index (κ3) is 2.38. The molecule has 1 aliphatic carbocycles. The molecule has 4 atom stereocenters. The fourth-order valence-corrected chi connectivity index (χ4v) is 3.80. The minimum absolute atomic E-state index is 0.0930. The molecular weight excluding hydrogens is 293 g/mol. The summed E-state index contributed by atoms with van der Waals surface area (Å²) >= 11 is 0. The first-order chi connectivity index (χ1) is 11.3. The Morgan fingerprint density at radius 3 is 2.43 bits per heavy atom. The van der Waals surface area contributed by atoms with E-state index in [1.165, 1.54) is 0 Å². The lowest BCUT2D eigenvalue weighted by molar-refractivity contribution is 0.0547. The predicted molar refractivity (Wildman–Crippen MR) is 84.7 cm³/mol. The maximum Gasteiger partial charge on any atom is 0.410 e. The van der Waals surface area contributed by atoms with Gasteiger partial charge in [-0.05, 0) is 11.1 Å². The largest absolute Gasteiger partial charge is 0.445 e. The normalized spacial score (nSPS) is 28.3. The van der Waals surface area contributed by atoms with Gasteiger partial charge in [0, 0.05) is 18.4 Å². The molecule has 5 rings (SSSR count). The van der Waals surface area contributed by atoms with E-state index in [0.29, 0.717) is 6.54 Å². The van der Waals surface area contributed by atoms with E-state index in [1.54, 1.807) is 4.90 Å². The van der Waals surface area contributed by atoms with Gasteiger partial charge in [0.25, 0.3) is 0 Å². The van der Waals surface area contributed by atoms with Gasteiger partial charge in [0.2, 0.25) is 0 Å². The average molecular weight is 311 g/mol.